The van der Waals surface area contributed by atoms with Gasteiger partial charge in [-0.05, 0) is 6.07 Å². The number of hydrogen-bond donors (Lipinski definition) is 2. The van der Waals surface area contributed by atoms with Crippen LogP contribution in [0, 0.1) is 0 Å². The van der Waals surface area contributed by atoms with Crippen molar-refractivity contribution in [2.45, 2.75) is 12.7 Å². The Morgan fingerprint density at radius 1 is 1.41 bits per heavy atom. The molecule has 2 heterocycles. The molecule has 0 aliphatic heterocycles. The van der Waals surface area contributed by atoms with E-state index in [0.717, 1.165) is 6.07 Å². The number of aliphatic hydroxyl groups is 1. The SMILES string of the molecule is OCCn1ncnc1-c1cc(C(F)(F)F)[nH]n1. The second-order valence-electron chi connectivity index (χ2n) is 3.20. The molecule has 17 heavy (non-hydrogen) atoms. The van der Waals surface area contributed by atoms with Crippen LogP contribution in [0.3, 0.4) is 0 Å². The first-order valence-electron chi connectivity index (χ1n) is 4.64. The molecule has 2 N–H and O–H groups in total. The van der Waals surface area contributed by atoms with Crippen molar-refractivity contribution in [1.29, 1.82) is 0 Å². The summed E-state index contributed by atoms with van der Waals surface area (Å²) in [5, 5.41) is 17.9. The lowest BCUT2D eigenvalue weighted by atomic mass is 10.3. The topological polar surface area (TPSA) is 79.6 Å². The first kappa shape index (κ1) is 11.6. The predicted octanol–water partition coefficient (Wildman–Crippen LogP) is 0.679. The maximum Gasteiger partial charge on any atom is 0.432 e. The van der Waals surface area contributed by atoms with Crippen LogP contribution in [-0.4, -0.2) is 36.7 Å². The number of aromatic nitrogens is 5. The van der Waals surface area contributed by atoms with Gasteiger partial charge in [-0.3, -0.25) is 5.10 Å². The first-order valence-corrected chi connectivity index (χ1v) is 4.64. The van der Waals surface area contributed by atoms with Gasteiger partial charge >= 0.3 is 6.18 Å². The van der Waals surface area contributed by atoms with E-state index in [4.69, 9.17) is 5.11 Å². The lowest BCUT2D eigenvalue weighted by Crippen LogP contribution is -2.06. The Labute approximate surface area is 93.1 Å². The minimum atomic E-state index is -4.48. The van der Waals surface area contributed by atoms with Crippen molar-refractivity contribution in [3.8, 4) is 11.5 Å². The number of rotatable bonds is 3. The zero-order valence-corrected chi connectivity index (χ0v) is 8.44. The third-order valence-corrected chi connectivity index (χ3v) is 2.04. The smallest absolute Gasteiger partial charge is 0.394 e. The molecule has 2 aromatic heterocycles. The van der Waals surface area contributed by atoms with Crippen LogP contribution in [0.4, 0.5) is 13.2 Å². The molecule has 0 aliphatic rings. The zero-order valence-electron chi connectivity index (χ0n) is 8.44. The quantitative estimate of drug-likeness (QED) is 0.835. The minimum Gasteiger partial charge on any atom is -0.394 e. The van der Waals surface area contributed by atoms with Crippen molar-refractivity contribution in [2.75, 3.05) is 6.61 Å². The number of aromatic amines is 1. The molecule has 92 valence electrons. The molecule has 0 bridgehead atoms. The fourth-order valence-electron chi connectivity index (χ4n) is 1.30. The number of halogens is 3. The molecular formula is C8H8F3N5O. The molecule has 0 fully saturated rings. The molecular weight excluding hydrogens is 239 g/mol. The molecule has 0 saturated carbocycles. The lowest BCUT2D eigenvalue weighted by Gasteiger charge is -2.01. The summed E-state index contributed by atoms with van der Waals surface area (Å²) in [6.07, 6.45) is -3.29. The van der Waals surface area contributed by atoms with Crippen LogP contribution in [0.1, 0.15) is 5.69 Å². The van der Waals surface area contributed by atoms with Gasteiger partial charge in [-0.25, -0.2) is 9.67 Å². The Morgan fingerprint density at radius 2 is 2.18 bits per heavy atom. The van der Waals surface area contributed by atoms with Gasteiger partial charge in [0.2, 0.25) is 0 Å². The summed E-state index contributed by atoms with van der Waals surface area (Å²) in [6, 6.07) is 0.845. The molecule has 0 amide bonds. The van der Waals surface area contributed by atoms with Crippen molar-refractivity contribution < 1.29 is 18.3 Å². The molecule has 0 radical (unpaired) electrons. The first-order chi connectivity index (χ1) is 8.02. The maximum absolute atomic E-state index is 12.3. The van der Waals surface area contributed by atoms with Gasteiger partial charge in [0.1, 0.15) is 17.7 Å². The zero-order chi connectivity index (χ0) is 12.5. The Kier molecular flexibility index (Phi) is 2.84. The Hall–Kier alpha value is -1.90. The van der Waals surface area contributed by atoms with Gasteiger partial charge in [0, 0.05) is 0 Å². The fourth-order valence-corrected chi connectivity index (χ4v) is 1.30. The number of alkyl halides is 3. The number of H-pyrrole nitrogens is 1. The standard InChI is InChI=1S/C8H8F3N5O/c9-8(10,11)6-3-5(14-15-6)7-12-4-13-16(7)1-2-17/h3-4,17H,1-2H2,(H,14,15). The van der Waals surface area contributed by atoms with Gasteiger partial charge in [0.25, 0.3) is 0 Å². The summed E-state index contributed by atoms with van der Waals surface area (Å²) < 4.78 is 38.3. The van der Waals surface area contributed by atoms with Crippen molar-refractivity contribution in [2.24, 2.45) is 0 Å². The minimum absolute atomic E-state index is 0.0308. The van der Waals surface area contributed by atoms with Crippen LogP contribution < -0.4 is 0 Å². The fraction of sp³-hybridized carbons (Fsp3) is 0.375. The summed E-state index contributed by atoms with van der Waals surface area (Å²) >= 11 is 0. The second-order valence-corrected chi connectivity index (χ2v) is 3.20. The third-order valence-electron chi connectivity index (χ3n) is 2.04. The average Bonchev–Trinajstić information content (AvgIpc) is 2.82. The summed E-state index contributed by atoms with van der Waals surface area (Å²) in [4.78, 5) is 3.79. The van der Waals surface area contributed by atoms with E-state index in [2.05, 4.69) is 15.2 Å². The van der Waals surface area contributed by atoms with Crippen LogP contribution in [0.5, 0.6) is 0 Å². The normalized spacial score (nSPS) is 12.0. The molecule has 0 aromatic carbocycles. The molecule has 0 unspecified atom stereocenters. The van der Waals surface area contributed by atoms with Gasteiger partial charge in [-0.15, -0.1) is 0 Å². The van der Waals surface area contributed by atoms with E-state index in [-0.39, 0.29) is 24.7 Å². The van der Waals surface area contributed by atoms with Crippen molar-refractivity contribution in [3.05, 3.63) is 18.1 Å². The highest BCUT2D eigenvalue weighted by Gasteiger charge is 2.33. The molecule has 0 atom stereocenters. The summed E-state index contributed by atoms with van der Waals surface area (Å²) in [5.41, 5.74) is -0.922. The summed E-state index contributed by atoms with van der Waals surface area (Å²) in [7, 11) is 0. The van der Waals surface area contributed by atoms with E-state index in [0.29, 0.717) is 0 Å². The summed E-state index contributed by atoms with van der Waals surface area (Å²) in [6.45, 7) is -0.0452. The van der Waals surface area contributed by atoms with Gasteiger partial charge in [-0.1, -0.05) is 0 Å². The third kappa shape index (κ3) is 2.28. The van der Waals surface area contributed by atoms with Crippen molar-refractivity contribution >= 4 is 0 Å². The van der Waals surface area contributed by atoms with E-state index in [1.807, 2.05) is 5.10 Å². The van der Waals surface area contributed by atoms with Crippen LogP contribution in [0.15, 0.2) is 12.4 Å². The average molecular weight is 247 g/mol. The monoisotopic (exact) mass is 247 g/mol. The molecule has 0 spiro atoms. The number of hydrogen-bond acceptors (Lipinski definition) is 4. The highest BCUT2D eigenvalue weighted by Crippen LogP contribution is 2.29. The second kappa shape index (κ2) is 4.17. The van der Waals surface area contributed by atoms with Crippen LogP contribution >= 0.6 is 0 Å². The summed E-state index contributed by atoms with van der Waals surface area (Å²) in [5.74, 6) is 0.172. The van der Waals surface area contributed by atoms with E-state index in [1.54, 1.807) is 0 Å². The van der Waals surface area contributed by atoms with Gasteiger partial charge in [-0.2, -0.15) is 23.4 Å². The van der Waals surface area contributed by atoms with Crippen LogP contribution in [0.2, 0.25) is 0 Å². The molecule has 9 heteroatoms. The van der Waals surface area contributed by atoms with Gasteiger partial charge in [0.15, 0.2) is 5.82 Å². The highest BCUT2D eigenvalue weighted by atomic mass is 19.4. The predicted molar refractivity (Wildman–Crippen MR) is 49.7 cm³/mol. The van der Waals surface area contributed by atoms with Crippen LogP contribution in [0.25, 0.3) is 11.5 Å². The number of nitrogens with zero attached hydrogens (tertiary/aromatic N) is 4. The van der Waals surface area contributed by atoms with Crippen LogP contribution in [-0.2, 0) is 12.7 Å². The lowest BCUT2D eigenvalue weighted by molar-refractivity contribution is -0.141. The Balaban J connectivity index is 2.34. The van der Waals surface area contributed by atoms with Gasteiger partial charge < -0.3 is 5.11 Å². The van der Waals surface area contributed by atoms with Crippen molar-refractivity contribution in [1.82, 2.24) is 25.0 Å². The largest absolute Gasteiger partial charge is 0.432 e. The molecule has 2 rings (SSSR count). The Morgan fingerprint density at radius 3 is 2.76 bits per heavy atom. The molecule has 2 aromatic rings. The number of nitrogens with one attached hydrogen (secondary N) is 1. The molecule has 6 nitrogen and oxygen atoms in total. The van der Waals surface area contributed by atoms with E-state index < -0.39 is 11.9 Å². The van der Waals surface area contributed by atoms with E-state index in [9.17, 15) is 13.2 Å². The highest BCUT2D eigenvalue weighted by molar-refractivity contribution is 5.49. The van der Waals surface area contributed by atoms with Crippen molar-refractivity contribution in [3.63, 3.8) is 0 Å². The number of aliphatic hydroxyl groups excluding tert-OH is 1. The molecule has 0 saturated heterocycles. The maximum atomic E-state index is 12.3. The van der Waals surface area contributed by atoms with Gasteiger partial charge in [0.05, 0.1) is 13.2 Å². The van der Waals surface area contributed by atoms with E-state index >= 15 is 0 Å². The molecule has 0 aliphatic carbocycles. The van der Waals surface area contributed by atoms with E-state index in [1.165, 1.54) is 11.0 Å². The Bertz CT molecular complexity index is 503.